The number of hydrogen-bond acceptors (Lipinski definition) is 4. The van der Waals surface area contributed by atoms with Crippen LogP contribution in [0.25, 0.3) is 0 Å². The summed E-state index contributed by atoms with van der Waals surface area (Å²) in [5, 5.41) is 3.61. The third-order valence-corrected chi connectivity index (χ3v) is 3.95. The van der Waals surface area contributed by atoms with Crippen molar-refractivity contribution in [1.29, 1.82) is 0 Å². The number of hydrogen-bond donors (Lipinski definition) is 2. The van der Waals surface area contributed by atoms with E-state index in [-0.39, 0.29) is 0 Å². The van der Waals surface area contributed by atoms with E-state index in [1.54, 1.807) is 7.11 Å². The van der Waals surface area contributed by atoms with Gasteiger partial charge in [-0.25, -0.2) is 0 Å². The predicted octanol–water partition coefficient (Wildman–Crippen LogP) is 2.31. The van der Waals surface area contributed by atoms with Crippen molar-refractivity contribution in [3.8, 4) is 5.75 Å². The molecule has 1 aliphatic heterocycles. The van der Waals surface area contributed by atoms with Crippen LogP contribution in [-0.4, -0.2) is 43.7 Å². The number of rotatable bonds is 6. The summed E-state index contributed by atoms with van der Waals surface area (Å²) in [7, 11) is 1.69. The molecule has 2 rings (SSSR count). The SMILES string of the molecule is COc1ccc(NC2CCN(CCC(C)N)CC2)cc1. The van der Waals surface area contributed by atoms with Gasteiger partial charge >= 0.3 is 0 Å². The van der Waals surface area contributed by atoms with Crippen LogP contribution in [0, 0.1) is 0 Å². The Morgan fingerprint density at radius 2 is 1.95 bits per heavy atom. The van der Waals surface area contributed by atoms with Crippen molar-refractivity contribution in [3.05, 3.63) is 24.3 Å². The van der Waals surface area contributed by atoms with Gasteiger partial charge in [-0.05, 0) is 57.0 Å². The zero-order valence-corrected chi connectivity index (χ0v) is 12.6. The van der Waals surface area contributed by atoms with Crippen LogP contribution in [0.1, 0.15) is 26.2 Å². The van der Waals surface area contributed by atoms with Crippen LogP contribution in [0.3, 0.4) is 0 Å². The average molecular weight is 277 g/mol. The van der Waals surface area contributed by atoms with Gasteiger partial charge in [0.05, 0.1) is 7.11 Å². The van der Waals surface area contributed by atoms with Crippen molar-refractivity contribution in [3.63, 3.8) is 0 Å². The van der Waals surface area contributed by atoms with Crippen LogP contribution in [0.2, 0.25) is 0 Å². The highest BCUT2D eigenvalue weighted by atomic mass is 16.5. The highest BCUT2D eigenvalue weighted by Crippen LogP contribution is 2.19. The van der Waals surface area contributed by atoms with Crippen LogP contribution in [0.4, 0.5) is 5.69 Å². The summed E-state index contributed by atoms with van der Waals surface area (Å²) in [6.07, 6.45) is 3.49. The van der Waals surface area contributed by atoms with Gasteiger partial charge in [-0.15, -0.1) is 0 Å². The molecule has 4 heteroatoms. The fourth-order valence-electron chi connectivity index (χ4n) is 2.61. The molecule has 1 aliphatic rings. The van der Waals surface area contributed by atoms with Crippen LogP contribution in [0.5, 0.6) is 5.75 Å². The van der Waals surface area contributed by atoms with Crippen molar-refractivity contribution >= 4 is 5.69 Å². The van der Waals surface area contributed by atoms with Crippen molar-refractivity contribution in [2.24, 2.45) is 5.73 Å². The number of methoxy groups -OCH3 is 1. The second kappa shape index (κ2) is 7.50. The lowest BCUT2D eigenvalue weighted by atomic mass is 10.0. The zero-order valence-electron chi connectivity index (χ0n) is 12.6. The Morgan fingerprint density at radius 3 is 2.50 bits per heavy atom. The smallest absolute Gasteiger partial charge is 0.119 e. The first-order valence-corrected chi connectivity index (χ1v) is 7.56. The third-order valence-electron chi connectivity index (χ3n) is 3.95. The lowest BCUT2D eigenvalue weighted by molar-refractivity contribution is 0.213. The van der Waals surface area contributed by atoms with Gasteiger partial charge in [0.25, 0.3) is 0 Å². The Labute approximate surface area is 122 Å². The molecule has 112 valence electrons. The highest BCUT2D eigenvalue weighted by molar-refractivity contribution is 5.47. The van der Waals surface area contributed by atoms with Gasteiger partial charge in [-0.1, -0.05) is 0 Å². The quantitative estimate of drug-likeness (QED) is 0.838. The molecule has 20 heavy (non-hydrogen) atoms. The van der Waals surface area contributed by atoms with E-state index in [0.29, 0.717) is 12.1 Å². The second-order valence-corrected chi connectivity index (χ2v) is 5.75. The summed E-state index contributed by atoms with van der Waals surface area (Å²) >= 11 is 0. The number of benzene rings is 1. The number of nitrogens with zero attached hydrogens (tertiary/aromatic N) is 1. The van der Waals surface area contributed by atoms with Gasteiger partial charge in [-0.3, -0.25) is 0 Å². The fraction of sp³-hybridized carbons (Fsp3) is 0.625. The summed E-state index contributed by atoms with van der Waals surface area (Å²) < 4.78 is 5.17. The maximum Gasteiger partial charge on any atom is 0.119 e. The Kier molecular flexibility index (Phi) is 5.68. The van der Waals surface area contributed by atoms with Crippen LogP contribution in [-0.2, 0) is 0 Å². The van der Waals surface area contributed by atoms with E-state index in [9.17, 15) is 0 Å². The molecule has 4 nitrogen and oxygen atoms in total. The maximum absolute atomic E-state index is 5.81. The average Bonchev–Trinajstić information content (AvgIpc) is 2.47. The number of anilines is 1. The molecule has 1 aromatic carbocycles. The van der Waals surface area contributed by atoms with Crippen molar-refractivity contribution < 1.29 is 4.74 Å². The van der Waals surface area contributed by atoms with E-state index in [4.69, 9.17) is 10.5 Å². The molecule has 3 N–H and O–H groups in total. The molecule has 1 aromatic rings. The summed E-state index contributed by atoms with van der Waals surface area (Å²) in [5.74, 6) is 0.904. The first-order chi connectivity index (χ1) is 9.67. The van der Waals surface area contributed by atoms with Crippen LogP contribution in [0.15, 0.2) is 24.3 Å². The molecule has 0 amide bonds. The van der Waals surface area contributed by atoms with Gasteiger partial charge in [-0.2, -0.15) is 0 Å². The molecule has 0 bridgehead atoms. The molecule has 1 atom stereocenters. The molecule has 0 radical (unpaired) electrons. The predicted molar refractivity (Wildman–Crippen MR) is 84.3 cm³/mol. The summed E-state index contributed by atoms with van der Waals surface area (Å²) in [4.78, 5) is 2.52. The van der Waals surface area contributed by atoms with E-state index >= 15 is 0 Å². The molecule has 1 fully saturated rings. The Hall–Kier alpha value is -1.26. The number of nitrogens with two attached hydrogens (primary N) is 1. The minimum atomic E-state index is 0.310. The van der Waals surface area contributed by atoms with Gasteiger partial charge in [0.2, 0.25) is 0 Å². The molecule has 0 aliphatic carbocycles. The second-order valence-electron chi connectivity index (χ2n) is 5.75. The van der Waals surface area contributed by atoms with Gasteiger partial charge in [0.1, 0.15) is 5.75 Å². The Bertz CT molecular complexity index is 383. The summed E-state index contributed by atoms with van der Waals surface area (Å²) in [6.45, 7) is 5.55. The van der Waals surface area contributed by atoms with Crippen molar-refractivity contribution in [2.45, 2.75) is 38.3 Å². The molecule has 1 heterocycles. The summed E-state index contributed by atoms with van der Waals surface area (Å²) in [6, 6.07) is 9.06. The molecular formula is C16H27N3O. The third kappa shape index (κ3) is 4.69. The van der Waals surface area contributed by atoms with Gasteiger partial charge < -0.3 is 20.7 Å². The fourth-order valence-corrected chi connectivity index (χ4v) is 2.61. The topological polar surface area (TPSA) is 50.5 Å². The molecule has 0 saturated carbocycles. The highest BCUT2D eigenvalue weighted by Gasteiger charge is 2.18. The van der Waals surface area contributed by atoms with Gasteiger partial charge in [0.15, 0.2) is 0 Å². The first-order valence-electron chi connectivity index (χ1n) is 7.56. The number of nitrogens with one attached hydrogen (secondary N) is 1. The van der Waals surface area contributed by atoms with Crippen LogP contribution >= 0.6 is 0 Å². The Morgan fingerprint density at radius 1 is 1.30 bits per heavy atom. The monoisotopic (exact) mass is 277 g/mol. The van der Waals surface area contributed by atoms with E-state index in [1.807, 2.05) is 12.1 Å². The summed E-state index contributed by atoms with van der Waals surface area (Å²) in [5.41, 5.74) is 6.99. The largest absolute Gasteiger partial charge is 0.497 e. The molecule has 1 saturated heterocycles. The lowest BCUT2D eigenvalue weighted by Gasteiger charge is -2.33. The number of ether oxygens (including phenoxy) is 1. The van der Waals surface area contributed by atoms with Crippen molar-refractivity contribution in [2.75, 3.05) is 32.1 Å². The van der Waals surface area contributed by atoms with E-state index in [2.05, 4.69) is 29.3 Å². The standard InChI is InChI=1S/C16H27N3O/c1-13(17)7-10-19-11-8-15(9-12-19)18-14-3-5-16(20-2)6-4-14/h3-6,13,15,18H,7-12,17H2,1-2H3. The minimum Gasteiger partial charge on any atom is -0.497 e. The lowest BCUT2D eigenvalue weighted by Crippen LogP contribution is -2.40. The van der Waals surface area contributed by atoms with Crippen molar-refractivity contribution in [1.82, 2.24) is 4.90 Å². The van der Waals surface area contributed by atoms with E-state index in [1.165, 1.54) is 31.6 Å². The normalized spacial score (nSPS) is 18.8. The van der Waals surface area contributed by atoms with E-state index < -0.39 is 0 Å². The number of likely N-dealkylation sites (tertiary alicyclic amines) is 1. The zero-order chi connectivity index (χ0) is 14.4. The molecule has 0 spiro atoms. The van der Waals surface area contributed by atoms with E-state index in [0.717, 1.165) is 18.7 Å². The number of piperidine rings is 1. The van der Waals surface area contributed by atoms with Gasteiger partial charge in [0, 0.05) is 30.9 Å². The Balaban J connectivity index is 1.73. The molecular weight excluding hydrogens is 250 g/mol. The molecule has 0 aromatic heterocycles. The maximum atomic E-state index is 5.81. The molecule has 1 unspecified atom stereocenters. The minimum absolute atomic E-state index is 0.310. The van der Waals surface area contributed by atoms with Crippen LogP contribution < -0.4 is 15.8 Å². The first kappa shape index (κ1) is 15.1.